The van der Waals surface area contributed by atoms with E-state index in [0.717, 1.165) is 21.9 Å². The molecule has 0 aromatic heterocycles. The minimum atomic E-state index is 0.150. The van der Waals surface area contributed by atoms with Gasteiger partial charge in [-0.1, -0.05) is 44.0 Å². The van der Waals surface area contributed by atoms with E-state index in [4.69, 9.17) is 5.73 Å². The van der Waals surface area contributed by atoms with Crippen LogP contribution in [0.1, 0.15) is 18.1 Å². The van der Waals surface area contributed by atoms with Gasteiger partial charge in [0.2, 0.25) is 0 Å². The minimum Gasteiger partial charge on any atom is -0.370 e. The van der Waals surface area contributed by atoms with Crippen molar-refractivity contribution in [1.82, 2.24) is 0 Å². The van der Waals surface area contributed by atoms with Crippen LogP contribution in [0.2, 0.25) is 0 Å². The highest BCUT2D eigenvalue weighted by Gasteiger charge is 2.10. The minimum absolute atomic E-state index is 0.150. The number of anilines is 1. The lowest BCUT2D eigenvalue weighted by molar-refractivity contribution is 0.734. The SMILES string of the molecule is CC(N)Cc1cc(Br)ccc1N(C)Cc1cccc(Br)c1. The van der Waals surface area contributed by atoms with Gasteiger partial charge in [-0.2, -0.15) is 0 Å². The molecule has 0 spiro atoms. The molecule has 2 N–H and O–H groups in total. The summed E-state index contributed by atoms with van der Waals surface area (Å²) in [6.45, 7) is 2.91. The maximum Gasteiger partial charge on any atom is 0.0426 e. The number of rotatable bonds is 5. The van der Waals surface area contributed by atoms with E-state index >= 15 is 0 Å². The fourth-order valence-electron chi connectivity index (χ4n) is 2.43. The van der Waals surface area contributed by atoms with Gasteiger partial charge in [-0.05, 0) is 54.8 Å². The van der Waals surface area contributed by atoms with E-state index in [1.165, 1.54) is 16.8 Å². The Bertz CT molecular complexity index is 611. The molecule has 0 saturated carbocycles. The molecule has 2 aromatic rings. The van der Waals surface area contributed by atoms with Gasteiger partial charge in [0.15, 0.2) is 0 Å². The third-order valence-electron chi connectivity index (χ3n) is 3.30. The molecule has 0 bridgehead atoms. The first-order valence-corrected chi connectivity index (χ1v) is 8.54. The molecular formula is C17H20Br2N2. The number of hydrogen-bond acceptors (Lipinski definition) is 2. The first-order valence-electron chi connectivity index (χ1n) is 6.95. The second-order valence-electron chi connectivity index (χ2n) is 5.44. The molecule has 1 unspecified atom stereocenters. The first kappa shape index (κ1) is 16.5. The lowest BCUT2D eigenvalue weighted by Gasteiger charge is -2.24. The van der Waals surface area contributed by atoms with Crippen LogP contribution < -0.4 is 10.6 Å². The van der Waals surface area contributed by atoms with Crippen molar-refractivity contribution in [2.75, 3.05) is 11.9 Å². The molecule has 21 heavy (non-hydrogen) atoms. The Kier molecular flexibility index (Phi) is 5.85. The van der Waals surface area contributed by atoms with Crippen molar-refractivity contribution < 1.29 is 0 Å². The fraction of sp³-hybridized carbons (Fsp3) is 0.294. The molecule has 0 saturated heterocycles. The quantitative estimate of drug-likeness (QED) is 0.769. The van der Waals surface area contributed by atoms with E-state index in [9.17, 15) is 0 Å². The molecule has 0 aliphatic rings. The van der Waals surface area contributed by atoms with E-state index < -0.39 is 0 Å². The number of hydrogen-bond donors (Lipinski definition) is 1. The van der Waals surface area contributed by atoms with E-state index in [0.29, 0.717) is 0 Å². The van der Waals surface area contributed by atoms with Crippen LogP contribution in [0.15, 0.2) is 51.4 Å². The van der Waals surface area contributed by atoms with Crippen LogP contribution in [0.3, 0.4) is 0 Å². The van der Waals surface area contributed by atoms with Crippen molar-refractivity contribution in [2.45, 2.75) is 25.9 Å². The van der Waals surface area contributed by atoms with Crippen molar-refractivity contribution in [1.29, 1.82) is 0 Å². The monoisotopic (exact) mass is 410 g/mol. The summed E-state index contributed by atoms with van der Waals surface area (Å²) < 4.78 is 2.21. The van der Waals surface area contributed by atoms with Gasteiger partial charge >= 0.3 is 0 Å². The normalized spacial score (nSPS) is 12.2. The Morgan fingerprint density at radius 1 is 1.10 bits per heavy atom. The highest BCUT2D eigenvalue weighted by atomic mass is 79.9. The van der Waals surface area contributed by atoms with Crippen molar-refractivity contribution in [3.63, 3.8) is 0 Å². The molecule has 0 radical (unpaired) electrons. The smallest absolute Gasteiger partial charge is 0.0426 e. The second kappa shape index (κ2) is 7.43. The maximum atomic E-state index is 5.98. The predicted octanol–water partition coefficient (Wildman–Crippen LogP) is 4.74. The summed E-state index contributed by atoms with van der Waals surface area (Å²) in [7, 11) is 2.12. The molecule has 2 rings (SSSR count). The maximum absolute atomic E-state index is 5.98. The van der Waals surface area contributed by atoms with Crippen molar-refractivity contribution in [3.05, 3.63) is 62.5 Å². The third kappa shape index (κ3) is 4.83. The molecule has 0 aliphatic heterocycles. The van der Waals surface area contributed by atoms with E-state index in [2.05, 4.69) is 80.2 Å². The summed E-state index contributed by atoms with van der Waals surface area (Å²) in [6, 6.07) is 15.0. The average molecular weight is 412 g/mol. The van der Waals surface area contributed by atoms with Crippen LogP contribution in [0.25, 0.3) is 0 Å². The fourth-order valence-corrected chi connectivity index (χ4v) is 3.29. The molecule has 4 heteroatoms. The van der Waals surface area contributed by atoms with Crippen LogP contribution in [0.5, 0.6) is 0 Å². The van der Waals surface area contributed by atoms with Gasteiger partial charge in [-0.25, -0.2) is 0 Å². The Labute approximate surface area is 143 Å². The second-order valence-corrected chi connectivity index (χ2v) is 7.27. The van der Waals surface area contributed by atoms with Crippen molar-refractivity contribution in [2.24, 2.45) is 5.73 Å². The van der Waals surface area contributed by atoms with Crippen LogP contribution >= 0.6 is 31.9 Å². The molecular weight excluding hydrogens is 392 g/mol. The molecule has 0 aliphatic carbocycles. The average Bonchev–Trinajstić information content (AvgIpc) is 2.37. The number of nitrogens with zero attached hydrogens (tertiary/aromatic N) is 1. The van der Waals surface area contributed by atoms with Crippen molar-refractivity contribution in [3.8, 4) is 0 Å². The van der Waals surface area contributed by atoms with Crippen LogP contribution in [-0.2, 0) is 13.0 Å². The highest BCUT2D eigenvalue weighted by Crippen LogP contribution is 2.26. The third-order valence-corrected chi connectivity index (χ3v) is 4.29. The number of halogens is 2. The molecule has 0 amide bonds. The Balaban J connectivity index is 2.23. The molecule has 0 fully saturated rings. The lowest BCUT2D eigenvalue weighted by atomic mass is 10.0. The van der Waals surface area contributed by atoms with Crippen molar-refractivity contribution >= 4 is 37.5 Å². The predicted molar refractivity (Wildman–Crippen MR) is 97.7 cm³/mol. The van der Waals surface area contributed by atoms with Crippen LogP contribution in [0, 0.1) is 0 Å². The Hall–Kier alpha value is -0.840. The molecule has 2 nitrogen and oxygen atoms in total. The van der Waals surface area contributed by atoms with Gasteiger partial charge in [-0.15, -0.1) is 0 Å². The molecule has 2 aromatic carbocycles. The molecule has 1 atom stereocenters. The summed E-state index contributed by atoms with van der Waals surface area (Å²) in [5.74, 6) is 0. The standard InChI is InChI=1S/C17H20Br2N2/c1-12(20)8-14-10-16(19)6-7-17(14)21(2)11-13-4-3-5-15(18)9-13/h3-7,9-10,12H,8,11,20H2,1-2H3. The van der Waals surface area contributed by atoms with Gasteiger partial charge in [-0.3, -0.25) is 0 Å². The first-order chi connectivity index (χ1) is 9.95. The zero-order valence-electron chi connectivity index (χ0n) is 12.3. The summed E-state index contributed by atoms with van der Waals surface area (Å²) >= 11 is 7.07. The van der Waals surface area contributed by atoms with E-state index in [-0.39, 0.29) is 6.04 Å². The highest BCUT2D eigenvalue weighted by molar-refractivity contribution is 9.10. The summed E-state index contributed by atoms with van der Waals surface area (Å²) in [6.07, 6.45) is 0.873. The van der Waals surface area contributed by atoms with Gasteiger partial charge in [0, 0.05) is 34.3 Å². The van der Waals surface area contributed by atoms with Crippen LogP contribution in [0.4, 0.5) is 5.69 Å². The molecule has 0 heterocycles. The number of nitrogens with two attached hydrogens (primary N) is 1. The zero-order chi connectivity index (χ0) is 15.4. The Morgan fingerprint density at radius 2 is 1.81 bits per heavy atom. The number of benzene rings is 2. The lowest BCUT2D eigenvalue weighted by Crippen LogP contribution is -2.22. The zero-order valence-corrected chi connectivity index (χ0v) is 15.5. The van der Waals surface area contributed by atoms with Gasteiger partial charge in [0.1, 0.15) is 0 Å². The largest absolute Gasteiger partial charge is 0.370 e. The van der Waals surface area contributed by atoms with E-state index in [1.54, 1.807) is 0 Å². The summed E-state index contributed by atoms with van der Waals surface area (Å²) in [5, 5.41) is 0. The summed E-state index contributed by atoms with van der Waals surface area (Å²) in [5.41, 5.74) is 9.76. The Morgan fingerprint density at radius 3 is 2.48 bits per heavy atom. The van der Waals surface area contributed by atoms with Gasteiger partial charge < -0.3 is 10.6 Å². The summed E-state index contributed by atoms with van der Waals surface area (Å²) in [4.78, 5) is 2.27. The van der Waals surface area contributed by atoms with Gasteiger partial charge in [0.05, 0.1) is 0 Å². The topological polar surface area (TPSA) is 29.3 Å². The van der Waals surface area contributed by atoms with Gasteiger partial charge in [0.25, 0.3) is 0 Å². The van der Waals surface area contributed by atoms with Crippen LogP contribution in [-0.4, -0.2) is 13.1 Å². The molecule has 112 valence electrons. The van der Waals surface area contributed by atoms with E-state index in [1.807, 2.05) is 13.0 Å².